The number of benzene rings is 1. The lowest BCUT2D eigenvalue weighted by Gasteiger charge is -2.13. The van der Waals surface area contributed by atoms with E-state index in [4.69, 9.17) is 0 Å². The zero-order valence-corrected chi connectivity index (χ0v) is 15.8. The van der Waals surface area contributed by atoms with Gasteiger partial charge in [0, 0.05) is 36.6 Å². The maximum Gasteiger partial charge on any atom is 0.251 e. The van der Waals surface area contributed by atoms with E-state index in [0.29, 0.717) is 16.8 Å². The largest absolute Gasteiger partial charge is 0.354 e. The summed E-state index contributed by atoms with van der Waals surface area (Å²) in [5.41, 5.74) is 0.324. The van der Waals surface area contributed by atoms with Gasteiger partial charge in [0.25, 0.3) is 5.91 Å². The van der Waals surface area contributed by atoms with Crippen molar-refractivity contribution in [1.82, 2.24) is 15.6 Å². The highest BCUT2D eigenvalue weighted by Gasteiger charge is 2.73. The lowest BCUT2D eigenvalue weighted by Crippen LogP contribution is -2.37. The molecule has 8 heteroatoms. The van der Waals surface area contributed by atoms with Gasteiger partial charge >= 0.3 is 0 Å². The van der Waals surface area contributed by atoms with Crippen LogP contribution in [0.1, 0.15) is 27.6 Å². The molecule has 2 aliphatic rings. The van der Waals surface area contributed by atoms with Crippen LogP contribution in [-0.2, 0) is 9.59 Å². The summed E-state index contributed by atoms with van der Waals surface area (Å²) in [4.78, 5) is 54.0. The molecule has 1 aliphatic heterocycles. The van der Waals surface area contributed by atoms with Crippen molar-refractivity contribution >= 4 is 29.2 Å². The molecule has 1 saturated carbocycles. The fourth-order valence-electron chi connectivity index (χ4n) is 4.01. The number of nitrogens with one attached hydrogen (secondary N) is 3. The summed E-state index contributed by atoms with van der Waals surface area (Å²) in [5.74, 6) is -2.58. The molecule has 0 spiro atoms. The van der Waals surface area contributed by atoms with Crippen molar-refractivity contribution in [3.63, 3.8) is 0 Å². The Balaban J connectivity index is 1.36. The normalized spacial score (nSPS) is 24.4. The smallest absolute Gasteiger partial charge is 0.251 e. The summed E-state index contributed by atoms with van der Waals surface area (Å²) >= 11 is 0. The highest BCUT2D eigenvalue weighted by molar-refractivity contribution is 6.19. The molecule has 29 heavy (non-hydrogen) atoms. The number of hydrogen-bond donors (Lipinski definition) is 3. The average Bonchev–Trinajstić information content (AvgIpc) is 3.39. The van der Waals surface area contributed by atoms with Gasteiger partial charge in [0.1, 0.15) is 0 Å². The summed E-state index contributed by atoms with van der Waals surface area (Å²) in [7, 11) is 0. The molecule has 3 N–H and O–H groups in total. The maximum absolute atomic E-state index is 13.0. The van der Waals surface area contributed by atoms with Crippen LogP contribution < -0.4 is 16.0 Å². The van der Waals surface area contributed by atoms with E-state index in [1.54, 1.807) is 43.3 Å². The molecule has 2 aromatic rings. The van der Waals surface area contributed by atoms with Crippen LogP contribution in [0.15, 0.2) is 48.8 Å². The number of anilines is 1. The van der Waals surface area contributed by atoms with E-state index >= 15 is 0 Å². The van der Waals surface area contributed by atoms with Crippen molar-refractivity contribution in [2.24, 2.45) is 17.3 Å². The van der Waals surface area contributed by atoms with Crippen molar-refractivity contribution in [1.29, 1.82) is 0 Å². The molecule has 0 bridgehead atoms. The first-order valence-electron chi connectivity index (χ1n) is 9.35. The van der Waals surface area contributed by atoms with Gasteiger partial charge in [-0.1, -0.05) is 19.1 Å². The lowest BCUT2D eigenvalue weighted by molar-refractivity contribution is -0.125. The Labute approximate surface area is 167 Å². The van der Waals surface area contributed by atoms with Gasteiger partial charge in [-0.15, -0.1) is 0 Å². The number of amides is 3. The van der Waals surface area contributed by atoms with E-state index in [2.05, 4.69) is 20.9 Å². The Morgan fingerprint density at radius 1 is 1.07 bits per heavy atom. The van der Waals surface area contributed by atoms with E-state index in [9.17, 15) is 19.2 Å². The molecule has 3 atom stereocenters. The minimum absolute atomic E-state index is 0.196. The van der Waals surface area contributed by atoms with Gasteiger partial charge < -0.3 is 16.0 Å². The number of carbonyl (C=O) groups is 4. The number of Topliss-reactive ketones (excluding diaryl/α,β-unsaturated/α-hetero) is 1. The van der Waals surface area contributed by atoms with Crippen LogP contribution in [0.2, 0.25) is 0 Å². The van der Waals surface area contributed by atoms with Crippen LogP contribution in [-0.4, -0.2) is 41.6 Å². The number of para-hydroxylation sites is 1. The third kappa shape index (κ3) is 3.16. The number of aromatic nitrogens is 1. The molecule has 1 aliphatic carbocycles. The summed E-state index contributed by atoms with van der Waals surface area (Å²) in [5, 5.41) is 8.17. The molecule has 8 nitrogen and oxygen atoms in total. The summed E-state index contributed by atoms with van der Waals surface area (Å²) in [6.07, 6.45) is 3.05. The average molecular weight is 392 g/mol. The Morgan fingerprint density at radius 2 is 1.76 bits per heavy atom. The first-order chi connectivity index (χ1) is 13.9. The minimum atomic E-state index is -1.05. The summed E-state index contributed by atoms with van der Waals surface area (Å²) in [6, 6.07) is 10.0. The van der Waals surface area contributed by atoms with Crippen LogP contribution in [0.4, 0.5) is 5.69 Å². The molecule has 148 valence electrons. The topological polar surface area (TPSA) is 117 Å². The molecule has 1 aromatic carbocycles. The highest BCUT2D eigenvalue weighted by atomic mass is 16.2. The molecular formula is C21H20N4O4. The van der Waals surface area contributed by atoms with Crippen molar-refractivity contribution in [3.05, 3.63) is 59.9 Å². The number of carbonyl (C=O) groups excluding carboxylic acids is 4. The third-order valence-corrected chi connectivity index (χ3v) is 5.65. The zero-order chi connectivity index (χ0) is 20.6. The standard InChI is InChI=1S/C21H20N4O4/c1-21-15(16(21)20(29)25-14-5-3-2-4-13(14)17(21)26)19(28)24-11-10-23-18(27)12-6-8-22-9-7-12/h2-9,15-16H,10-11H2,1H3,(H,23,27)(H,24,28)(H,25,29)/t15-,16?,21+/m0/s1. The van der Waals surface area contributed by atoms with Gasteiger partial charge in [0.2, 0.25) is 11.8 Å². The van der Waals surface area contributed by atoms with Crippen LogP contribution in [0.25, 0.3) is 0 Å². The molecule has 0 radical (unpaired) electrons. The first-order valence-corrected chi connectivity index (χ1v) is 9.35. The van der Waals surface area contributed by atoms with Gasteiger partial charge in [-0.05, 0) is 24.3 Å². The summed E-state index contributed by atoms with van der Waals surface area (Å²) in [6.45, 7) is 2.09. The molecule has 1 unspecified atom stereocenters. The van der Waals surface area contributed by atoms with Gasteiger partial charge in [-0.2, -0.15) is 0 Å². The van der Waals surface area contributed by atoms with E-state index in [1.165, 1.54) is 12.4 Å². The number of pyridine rings is 1. The number of nitrogens with zero attached hydrogens (tertiary/aromatic N) is 1. The Hall–Kier alpha value is -3.55. The van der Waals surface area contributed by atoms with Crippen LogP contribution in [0, 0.1) is 17.3 Å². The van der Waals surface area contributed by atoms with Gasteiger partial charge in [0.15, 0.2) is 5.78 Å². The van der Waals surface area contributed by atoms with Gasteiger partial charge in [0.05, 0.1) is 22.9 Å². The fourth-order valence-corrected chi connectivity index (χ4v) is 4.01. The second kappa shape index (κ2) is 7.12. The molecular weight excluding hydrogens is 372 g/mol. The minimum Gasteiger partial charge on any atom is -0.354 e. The van der Waals surface area contributed by atoms with Crippen molar-refractivity contribution in [3.8, 4) is 0 Å². The third-order valence-electron chi connectivity index (χ3n) is 5.65. The first kappa shape index (κ1) is 18.8. The maximum atomic E-state index is 13.0. The SMILES string of the molecule is C[C@]12C(=O)c3ccccc3NC(=O)C1[C@H]2C(=O)NCCNC(=O)c1ccncc1. The van der Waals surface area contributed by atoms with Crippen LogP contribution in [0.3, 0.4) is 0 Å². The van der Waals surface area contributed by atoms with E-state index in [-0.39, 0.29) is 36.6 Å². The molecule has 1 fully saturated rings. The predicted molar refractivity (Wildman–Crippen MR) is 104 cm³/mol. The monoisotopic (exact) mass is 392 g/mol. The number of rotatable bonds is 5. The van der Waals surface area contributed by atoms with E-state index < -0.39 is 17.3 Å². The number of fused-ring (bicyclic) bond motifs is 2. The molecule has 0 saturated heterocycles. The Kier molecular flexibility index (Phi) is 4.62. The van der Waals surface area contributed by atoms with Crippen molar-refractivity contribution < 1.29 is 19.2 Å². The van der Waals surface area contributed by atoms with Gasteiger partial charge in [-0.3, -0.25) is 24.2 Å². The fraction of sp³-hybridized carbons (Fsp3) is 0.286. The zero-order valence-electron chi connectivity index (χ0n) is 15.8. The van der Waals surface area contributed by atoms with Crippen molar-refractivity contribution in [2.75, 3.05) is 18.4 Å². The van der Waals surface area contributed by atoms with Crippen LogP contribution in [0.5, 0.6) is 0 Å². The Morgan fingerprint density at radius 3 is 2.52 bits per heavy atom. The van der Waals surface area contributed by atoms with E-state index in [1.807, 2.05) is 0 Å². The second-order valence-electron chi connectivity index (χ2n) is 7.38. The predicted octanol–water partition coefficient (Wildman–Crippen LogP) is 1.01. The molecule has 2 heterocycles. The number of ketones is 1. The van der Waals surface area contributed by atoms with E-state index in [0.717, 1.165) is 0 Å². The van der Waals surface area contributed by atoms with Crippen molar-refractivity contribution in [2.45, 2.75) is 6.92 Å². The Bertz CT molecular complexity index is 1010. The molecule has 3 amide bonds. The number of hydrogen-bond acceptors (Lipinski definition) is 5. The second-order valence-corrected chi connectivity index (χ2v) is 7.38. The lowest BCUT2D eigenvalue weighted by atomic mass is 9.92. The quantitative estimate of drug-likeness (QED) is 0.657. The highest BCUT2D eigenvalue weighted by Crippen LogP contribution is 2.62. The van der Waals surface area contributed by atoms with Gasteiger partial charge in [-0.25, -0.2) is 0 Å². The van der Waals surface area contributed by atoms with Crippen LogP contribution >= 0.6 is 0 Å². The summed E-state index contributed by atoms with van der Waals surface area (Å²) < 4.78 is 0. The molecule has 4 rings (SSSR count). The molecule has 1 aromatic heterocycles.